The Kier molecular flexibility index (Phi) is 5.03. The molecule has 27 heavy (non-hydrogen) atoms. The van der Waals surface area contributed by atoms with E-state index in [9.17, 15) is 4.79 Å². The molecule has 1 unspecified atom stereocenters. The molecule has 1 aliphatic rings. The molecule has 1 aliphatic carbocycles. The monoisotopic (exact) mass is 382 g/mol. The van der Waals surface area contributed by atoms with Crippen molar-refractivity contribution in [3.63, 3.8) is 0 Å². The van der Waals surface area contributed by atoms with Crippen LogP contribution in [-0.2, 0) is 11.3 Å². The molecule has 0 aliphatic heterocycles. The van der Waals surface area contributed by atoms with Crippen molar-refractivity contribution < 1.29 is 9.21 Å². The molecular weight excluding hydrogens is 360 g/mol. The molecule has 0 radical (unpaired) electrons. The number of aromatic nitrogens is 3. The lowest BCUT2D eigenvalue weighted by Gasteiger charge is -2.20. The van der Waals surface area contributed by atoms with Gasteiger partial charge in [0.2, 0.25) is 5.91 Å². The van der Waals surface area contributed by atoms with Crippen molar-refractivity contribution in [1.82, 2.24) is 19.7 Å². The van der Waals surface area contributed by atoms with Crippen molar-refractivity contribution in [3.05, 3.63) is 65.9 Å². The summed E-state index contributed by atoms with van der Waals surface area (Å²) >= 11 is 1.45. The van der Waals surface area contributed by atoms with Gasteiger partial charge in [0.25, 0.3) is 0 Å². The number of likely N-dealkylation sites (N-methyl/N-ethyl adjacent to an activating group) is 1. The second kappa shape index (κ2) is 7.60. The highest BCUT2D eigenvalue weighted by Crippen LogP contribution is 2.42. The van der Waals surface area contributed by atoms with Crippen LogP contribution in [-0.4, -0.2) is 39.7 Å². The fourth-order valence-corrected chi connectivity index (χ4v) is 4.16. The quantitative estimate of drug-likeness (QED) is 0.583. The van der Waals surface area contributed by atoms with Gasteiger partial charge in [0.15, 0.2) is 5.16 Å². The number of hydrogen-bond donors (Lipinski definition) is 0. The molecule has 4 rings (SSSR count). The Morgan fingerprint density at radius 3 is 2.63 bits per heavy atom. The van der Waals surface area contributed by atoms with Gasteiger partial charge in [-0.3, -0.25) is 9.36 Å². The summed E-state index contributed by atoms with van der Waals surface area (Å²) in [7, 11) is 3.56. The Labute approximate surface area is 162 Å². The minimum atomic E-state index is -0.368. The maximum absolute atomic E-state index is 12.9. The normalized spacial score (nSPS) is 14.9. The van der Waals surface area contributed by atoms with Crippen molar-refractivity contribution in [2.75, 3.05) is 14.1 Å². The van der Waals surface area contributed by atoms with Crippen LogP contribution in [0.2, 0.25) is 0 Å². The highest BCUT2D eigenvalue weighted by atomic mass is 32.2. The average Bonchev–Trinajstić information content (AvgIpc) is 3.25. The van der Waals surface area contributed by atoms with Gasteiger partial charge in [0, 0.05) is 20.0 Å². The van der Waals surface area contributed by atoms with Gasteiger partial charge in [-0.15, -0.1) is 10.2 Å². The Morgan fingerprint density at radius 2 is 2.00 bits per heavy atom. The summed E-state index contributed by atoms with van der Waals surface area (Å²) in [6, 6.07) is 13.7. The number of thioether (sulfide) groups is 1. The Morgan fingerprint density at radius 1 is 1.22 bits per heavy atom. The standard InChI is InChI=1S/C20H22N4O2S/c1-23(2)19(25)17(14-7-4-3-5-8-14)27-20-22-21-18(15-10-11-15)24(20)13-16-9-6-12-26-16/h3-9,12,15,17H,10-11,13H2,1-2H3. The first-order chi connectivity index (χ1) is 13.1. The summed E-state index contributed by atoms with van der Waals surface area (Å²) in [5, 5.41) is 9.24. The van der Waals surface area contributed by atoms with Crippen LogP contribution in [0.1, 0.15) is 41.2 Å². The third-order valence-electron chi connectivity index (χ3n) is 4.57. The van der Waals surface area contributed by atoms with E-state index in [1.807, 2.05) is 42.5 Å². The number of hydrogen-bond acceptors (Lipinski definition) is 5. The first-order valence-corrected chi connectivity index (χ1v) is 9.89. The van der Waals surface area contributed by atoms with E-state index < -0.39 is 0 Å². The zero-order valence-corrected chi connectivity index (χ0v) is 16.2. The van der Waals surface area contributed by atoms with Crippen LogP contribution in [0, 0.1) is 0 Å². The molecule has 3 aromatic rings. The highest BCUT2D eigenvalue weighted by molar-refractivity contribution is 8.00. The van der Waals surface area contributed by atoms with E-state index in [2.05, 4.69) is 14.8 Å². The maximum atomic E-state index is 12.9. The fourth-order valence-electron chi connectivity index (χ4n) is 2.97. The van der Waals surface area contributed by atoms with Crippen molar-refractivity contribution >= 4 is 17.7 Å². The van der Waals surface area contributed by atoms with Crippen LogP contribution >= 0.6 is 11.8 Å². The number of amides is 1. The summed E-state index contributed by atoms with van der Waals surface area (Å²) in [6.07, 6.45) is 3.95. The predicted molar refractivity (Wildman–Crippen MR) is 104 cm³/mol. The zero-order chi connectivity index (χ0) is 18.8. The molecule has 7 heteroatoms. The molecule has 0 spiro atoms. The van der Waals surface area contributed by atoms with Gasteiger partial charge in [-0.05, 0) is 30.5 Å². The highest BCUT2D eigenvalue weighted by Gasteiger charge is 2.33. The average molecular weight is 382 g/mol. The molecular formula is C20H22N4O2S. The molecule has 1 aromatic carbocycles. The molecule has 0 bridgehead atoms. The minimum absolute atomic E-state index is 0.0340. The molecule has 0 N–H and O–H groups in total. The van der Waals surface area contributed by atoms with Gasteiger partial charge < -0.3 is 9.32 Å². The second-order valence-corrected chi connectivity index (χ2v) is 7.99. The summed E-state index contributed by atoms with van der Waals surface area (Å²) in [6.45, 7) is 0.575. The van der Waals surface area contributed by atoms with E-state index >= 15 is 0 Å². The lowest BCUT2D eigenvalue weighted by Crippen LogP contribution is -2.27. The SMILES string of the molecule is CN(C)C(=O)C(Sc1nnc(C2CC2)n1Cc1ccco1)c1ccccc1. The third kappa shape index (κ3) is 3.93. The first kappa shape index (κ1) is 17.9. The van der Waals surface area contributed by atoms with E-state index in [0.717, 1.165) is 35.1 Å². The van der Waals surface area contributed by atoms with Gasteiger partial charge in [0.1, 0.15) is 16.8 Å². The number of rotatable bonds is 7. The summed E-state index contributed by atoms with van der Waals surface area (Å²) in [5.74, 6) is 2.33. The third-order valence-corrected chi connectivity index (χ3v) is 5.80. The van der Waals surface area contributed by atoms with E-state index in [-0.39, 0.29) is 11.2 Å². The van der Waals surface area contributed by atoms with Gasteiger partial charge in [-0.1, -0.05) is 42.1 Å². The minimum Gasteiger partial charge on any atom is -0.467 e. The van der Waals surface area contributed by atoms with Gasteiger partial charge in [0.05, 0.1) is 12.8 Å². The van der Waals surface area contributed by atoms with Gasteiger partial charge >= 0.3 is 0 Å². The van der Waals surface area contributed by atoms with Crippen LogP contribution in [0.15, 0.2) is 58.3 Å². The van der Waals surface area contributed by atoms with Crippen molar-refractivity contribution in [2.45, 2.75) is 35.7 Å². The predicted octanol–water partition coefficient (Wildman–Crippen LogP) is 3.72. The lowest BCUT2D eigenvalue weighted by atomic mass is 10.1. The number of furan rings is 1. The fraction of sp³-hybridized carbons (Fsp3) is 0.350. The molecule has 6 nitrogen and oxygen atoms in total. The lowest BCUT2D eigenvalue weighted by molar-refractivity contribution is -0.128. The summed E-state index contributed by atoms with van der Waals surface area (Å²) < 4.78 is 7.63. The number of nitrogens with zero attached hydrogens (tertiary/aromatic N) is 4. The maximum Gasteiger partial charge on any atom is 0.240 e. The molecule has 1 atom stereocenters. The van der Waals surface area contributed by atoms with Crippen LogP contribution in [0.5, 0.6) is 0 Å². The van der Waals surface area contributed by atoms with Crippen molar-refractivity contribution in [2.24, 2.45) is 0 Å². The number of carbonyl (C=O) groups is 1. The van der Waals surface area contributed by atoms with Crippen LogP contribution < -0.4 is 0 Å². The molecule has 0 saturated heterocycles. The van der Waals surface area contributed by atoms with E-state index in [4.69, 9.17) is 4.42 Å². The Hall–Kier alpha value is -2.54. The Bertz CT molecular complexity index is 901. The molecule has 1 fully saturated rings. The van der Waals surface area contributed by atoms with E-state index in [0.29, 0.717) is 12.5 Å². The number of benzene rings is 1. The molecule has 1 amide bonds. The summed E-state index contributed by atoms with van der Waals surface area (Å²) in [5.41, 5.74) is 0.960. The first-order valence-electron chi connectivity index (χ1n) is 9.01. The van der Waals surface area contributed by atoms with Crippen LogP contribution in [0.4, 0.5) is 0 Å². The molecule has 2 heterocycles. The number of carbonyl (C=O) groups excluding carboxylic acids is 1. The zero-order valence-electron chi connectivity index (χ0n) is 15.4. The smallest absolute Gasteiger partial charge is 0.240 e. The summed E-state index contributed by atoms with van der Waals surface area (Å²) in [4.78, 5) is 14.5. The van der Waals surface area contributed by atoms with Gasteiger partial charge in [-0.2, -0.15) is 0 Å². The van der Waals surface area contributed by atoms with Crippen LogP contribution in [0.25, 0.3) is 0 Å². The van der Waals surface area contributed by atoms with Crippen molar-refractivity contribution in [3.8, 4) is 0 Å². The van der Waals surface area contributed by atoms with Crippen LogP contribution in [0.3, 0.4) is 0 Å². The molecule has 140 valence electrons. The molecule has 2 aromatic heterocycles. The Balaban J connectivity index is 1.67. The van der Waals surface area contributed by atoms with Gasteiger partial charge in [-0.25, -0.2) is 0 Å². The van der Waals surface area contributed by atoms with Crippen molar-refractivity contribution in [1.29, 1.82) is 0 Å². The topological polar surface area (TPSA) is 64.2 Å². The van der Waals surface area contributed by atoms with E-state index in [1.54, 1.807) is 25.3 Å². The second-order valence-electron chi connectivity index (χ2n) is 6.92. The largest absolute Gasteiger partial charge is 0.467 e. The van der Waals surface area contributed by atoms with E-state index in [1.165, 1.54) is 11.8 Å². The molecule has 1 saturated carbocycles.